The Morgan fingerprint density at radius 2 is 1.12 bits per heavy atom. The number of benzene rings is 2. The summed E-state index contributed by atoms with van der Waals surface area (Å²) in [5, 5.41) is 23.8. The number of Topliss-reactive ketones (excluding diaryl/α,β-unsaturated/α-hetero) is 2. The van der Waals surface area contributed by atoms with E-state index >= 15 is 0 Å². The molecule has 0 saturated heterocycles. The number of nitrogens with two attached hydrogens (primary N) is 1. The van der Waals surface area contributed by atoms with Gasteiger partial charge < -0.3 is 10.1 Å². The van der Waals surface area contributed by atoms with Gasteiger partial charge in [0.05, 0.1) is 0 Å². The lowest BCUT2D eigenvalue weighted by Crippen LogP contribution is -2.38. The summed E-state index contributed by atoms with van der Waals surface area (Å²) in [6.07, 6.45) is 1.75. The van der Waals surface area contributed by atoms with Gasteiger partial charge in [0.1, 0.15) is 17.3 Å². The second-order valence-corrected chi connectivity index (χ2v) is 19.4. The molecule has 56 heavy (non-hydrogen) atoms. The Morgan fingerprint density at radius 1 is 0.732 bits per heavy atom. The lowest BCUT2D eigenvalue weighted by molar-refractivity contribution is 0.101. The SMILES string of the molecule is CC(C)c1cc(Cl)cc(C(C)C)c1NC(=O)NS(=O)(=O)CC(=O)c1ccsc1.CC(C)c1cc(Cl)cc(C(C)C)c1OC#N.NS(=O)(=O)CC(=O)c1ccsc1. The molecule has 0 spiro atoms. The van der Waals surface area contributed by atoms with E-state index in [2.05, 4.69) is 33.0 Å². The number of thiophene rings is 2. The van der Waals surface area contributed by atoms with E-state index < -0.39 is 49.1 Å². The molecule has 0 atom stereocenters. The number of nitrogens with zero attached hydrogens (tertiary/aromatic N) is 1. The van der Waals surface area contributed by atoms with Crippen LogP contribution in [0.5, 0.6) is 5.75 Å². The molecular formula is C38H46Cl2N4O8S4. The normalized spacial score (nSPS) is 11.3. The summed E-state index contributed by atoms with van der Waals surface area (Å²) < 4.78 is 52.4. The third kappa shape index (κ3) is 15.6. The van der Waals surface area contributed by atoms with Gasteiger partial charge in [0, 0.05) is 48.7 Å². The topological polar surface area (TPSA) is 203 Å². The van der Waals surface area contributed by atoms with Crippen molar-refractivity contribution in [1.82, 2.24) is 4.72 Å². The summed E-state index contributed by atoms with van der Waals surface area (Å²) in [5.74, 6) is -1.12. The molecule has 4 aromatic rings. The average molecular weight is 886 g/mol. The first-order chi connectivity index (χ1) is 26.0. The number of amides is 2. The molecule has 4 N–H and O–H groups in total. The van der Waals surface area contributed by atoms with Crippen LogP contribution in [-0.4, -0.2) is 45.9 Å². The molecular weight excluding hydrogens is 840 g/mol. The van der Waals surface area contributed by atoms with E-state index in [0.717, 1.165) is 22.3 Å². The number of rotatable bonds is 13. The van der Waals surface area contributed by atoms with Crippen LogP contribution < -0.4 is 19.9 Å². The smallest absolute Gasteiger partial charge is 0.332 e. The minimum Gasteiger partial charge on any atom is -0.387 e. The number of halogens is 2. The minimum atomic E-state index is -4.13. The van der Waals surface area contributed by atoms with Crippen LogP contribution in [0.15, 0.2) is 57.9 Å². The Bertz CT molecular complexity index is 2170. The molecule has 0 aliphatic carbocycles. The number of urea groups is 1. The van der Waals surface area contributed by atoms with Crippen LogP contribution in [0.4, 0.5) is 10.5 Å². The molecule has 2 aromatic carbocycles. The van der Waals surface area contributed by atoms with Crippen molar-refractivity contribution in [3.8, 4) is 12.0 Å². The number of anilines is 1. The van der Waals surface area contributed by atoms with Gasteiger partial charge >= 0.3 is 6.03 Å². The van der Waals surface area contributed by atoms with Crippen molar-refractivity contribution < 1.29 is 36.0 Å². The average Bonchev–Trinajstić information content (AvgIpc) is 3.81. The maximum Gasteiger partial charge on any atom is 0.332 e. The van der Waals surface area contributed by atoms with Crippen LogP contribution in [0.3, 0.4) is 0 Å². The largest absolute Gasteiger partial charge is 0.387 e. The van der Waals surface area contributed by atoms with E-state index in [1.807, 2.05) is 44.5 Å². The summed E-state index contributed by atoms with van der Waals surface area (Å²) in [6.45, 7) is 16.0. The van der Waals surface area contributed by atoms with Crippen LogP contribution in [0, 0.1) is 11.5 Å². The fourth-order valence-corrected chi connectivity index (χ4v) is 8.29. The van der Waals surface area contributed by atoms with E-state index in [1.54, 1.807) is 52.0 Å². The van der Waals surface area contributed by atoms with Gasteiger partial charge in [-0.2, -0.15) is 22.7 Å². The maximum absolute atomic E-state index is 12.4. The van der Waals surface area contributed by atoms with Crippen molar-refractivity contribution in [3.05, 3.63) is 101 Å². The van der Waals surface area contributed by atoms with E-state index in [4.69, 9.17) is 38.3 Å². The first kappa shape index (κ1) is 48.3. The Hall–Kier alpha value is -3.82. The Labute approximate surface area is 347 Å². The lowest BCUT2D eigenvalue weighted by atomic mass is 9.92. The van der Waals surface area contributed by atoms with Crippen LogP contribution in [0.25, 0.3) is 0 Å². The molecule has 2 heterocycles. The number of hydrogen-bond donors (Lipinski definition) is 3. The molecule has 0 aliphatic heterocycles. The van der Waals surface area contributed by atoms with Gasteiger partial charge in [0.15, 0.2) is 11.6 Å². The predicted molar refractivity (Wildman–Crippen MR) is 227 cm³/mol. The van der Waals surface area contributed by atoms with E-state index in [0.29, 0.717) is 32.6 Å². The summed E-state index contributed by atoms with van der Waals surface area (Å²) in [4.78, 5) is 35.5. The van der Waals surface area contributed by atoms with Gasteiger partial charge in [-0.3, -0.25) is 9.59 Å². The highest BCUT2D eigenvalue weighted by atomic mass is 35.5. The Morgan fingerprint density at radius 3 is 1.46 bits per heavy atom. The van der Waals surface area contributed by atoms with Crippen molar-refractivity contribution in [1.29, 1.82) is 5.26 Å². The summed E-state index contributed by atoms with van der Waals surface area (Å²) in [7, 11) is -7.83. The third-order valence-electron chi connectivity index (χ3n) is 7.74. The van der Waals surface area contributed by atoms with Gasteiger partial charge in [0.2, 0.25) is 20.0 Å². The number of hydrogen-bond acceptors (Lipinski definition) is 11. The zero-order valence-electron chi connectivity index (χ0n) is 32.2. The highest BCUT2D eigenvalue weighted by molar-refractivity contribution is 7.90. The molecule has 0 aliphatic rings. The van der Waals surface area contributed by atoms with Crippen LogP contribution in [0.1, 0.15) is 122 Å². The van der Waals surface area contributed by atoms with Gasteiger partial charge in [-0.1, -0.05) is 78.6 Å². The number of carbonyl (C=O) groups excluding carboxylic acids is 3. The number of nitrogens with one attached hydrogen (secondary N) is 2. The van der Waals surface area contributed by atoms with E-state index in [1.165, 1.54) is 22.7 Å². The van der Waals surface area contributed by atoms with Crippen LogP contribution in [0.2, 0.25) is 10.0 Å². The third-order valence-corrected chi connectivity index (χ3v) is 11.3. The van der Waals surface area contributed by atoms with Crippen molar-refractivity contribution in [2.45, 2.75) is 79.1 Å². The van der Waals surface area contributed by atoms with Crippen molar-refractivity contribution >= 4 is 89.2 Å². The van der Waals surface area contributed by atoms with E-state index in [-0.39, 0.29) is 23.7 Å². The number of sulfonamides is 2. The van der Waals surface area contributed by atoms with Gasteiger partial charge in [-0.05, 0) is 82.0 Å². The fraction of sp³-hybridized carbons (Fsp3) is 0.368. The second kappa shape index (κ2) is 21.6. The standard InChI is InChI=1S/C19H23ClN2O4S2.C13H16ClNO.C6H7NO3S2/c1-11(2)15-7-14(20)8-16(12(3)4)18(15)21-19(24)22-28(25,26)10-17(23)13-5-6-27-9-13;1-8(2)11-5-10(14)6-12(9(3)4)13(11)16-7-15;7-12(9,10)4-6(8)5-1-2-11-3-5/h5-9,11-12H,10H2,1-4H3,(H2,21,22,24);5-6,8-9H,1-4H3;1-3H,4H2,(H2,7,9,10). The zero-order valence-corrected chi connectivity index (χ0v) is 37.0. The zero-order chi connectivity index (χ0) is 42.5. The number of ether oxygens (including phenoxy) is 1. The maximum atomic E-state index is 12.4. The molecule has 0 saturated carbocycles. The molecule has 0 radical (unpaired) electrons. The van der Waals surface area contributed by atoms with Crippen molar-refractivity contribution in [2.75, 3.05) is 16.8 Å². The highest BCUT2D eigenvalue weighted by Crippen LogP contribution is 2.37. The molecule has 2 aromatic heterocycles. The number of carbonyl (C=O) groups is 3. The Kier molecular flexibility index (Phi) is 18.7. The predicted octanol–water partition coefficient (Wildman–Crippen LogP) is 9.65. The molecule has 12 nitrogen and oxygen atoms in total. The molecule has 0 bridgehead atoms. The lowest BCUT2D eigenvalue weighted by Gasteiger charge is -2.21. The molecule has 2 amide bonds. The first-order valence-electron chi connectivity index (χ1n) is 17.1. The summed E-state index contributed by atoms with van der Waals surface area (Å²) in [6, 6.07) is 9.43. The molecule has 4 rings (SSSR count). The van der Waals surface area contributed by atoms with Crippen LogP contribution >= 0.6 is 45.9 Å². The monoisotopic (exact) mass is 884 g/mol. The van der Waals surface area contributed by atoms with E-state index in [9.17, 15) is 31.2 Å². The quantitative estimate of drug-likeness (QED) is 0.0863. The first-order valence-corrected chi connectivity index (χ1v) is 23.1. The van der Waals surface area contributed by atoms with Crippen molar-refractivity contribution in [2.24, 2.45) is 5.14 Å². The van der Waals surface area contributed by atoms with Gasteiger partial charge in [0.25, 0.3) is 6.26 Å². The van der Waals surface area contributed by atoms with Gasteiger partial charge in [-0.15, -0.1) is 5.26 Å². The number of primary sulfonamides is 1. The van der Waals surface area contributed by atoms with Crippen LogP contribution in [-0.2, 0) is 20.0 Å². The molecule has 0 fully saturated rings. The fourth-order valence-electron chi connectivity index (χ4n) is 5.05. The number of nitriles is 1. The minimum absolute atomic E-state index is 0.0586. The number of ketones is 2. The Balaban J connectivity index is 0.000000325. The molecule has 304 valence electrons. The summed E-state index contributed by atoms with van der Waals surface area (Å²) >= 11 is 14.9. The highest BCUT2D eigenvalue weighted by Gasteiger charge is 2.23. The second-order valence-electron chi connectivity index (χ2n) is 13.7. The summed E-state index contributed by atoms with van der Waals surface area (Å²) in [5.41, 5.74) is 4.81. The molecule has 18 heteroatoms. The molecule has 0 unspecified atom stereocenters. The van der Waals surface area contributed by atoms with Gasteiger partial charge in [-0.25, -0.2) is 31.5 Å². The van der Waals surface area contributed by atoms with Crippen molar-refractivity contribution in [3.63, 3.8) is 0 Å².